The molecule has 2 aromatic rings. The van der Waals surface area contributed by atoms with Crippen molar-refractivity contribution in [3.8, 4) is 0 Å². The van der Waals surface area contributed by atoms with Crippen molar-refractivity contribution in [1.82, 2.24) is 4.90 Å². The van der Waals surface area contributed by atoms with Crippen molar-refractivity contribution in [2.75, 3.05) is 36.5 Å². The maximum absolute atomic E-state index is 12.1. The van der Waals surface area contributed by atoms with Gasteiger partial charge in [0.25, 0.3) is 5.69 Å². The molecule has 0 saturated carbocycles. The quantitative estimate of drug-likeness (QED) is 0.524. The van der Waals surface area contributed by atoms with Crippen molar-refractivity contribution in [1.29, 1.82) is 0 Å². The molecule has 2 aliphatic heterocycles. The van der Waals surface area contributed by atoms with E-state index in [1.165, 1.54) is 41.0 Å². The minimum atomic E-state index is -0.483. The highest BCUT2D eigenvalue weighted by molar-refractivity contribution is 5.94. The highest BCUT2D eigenvalue weighted by Crippen LogP contribution is 2.33. The summed E-state index contributed by atoms with van der Waals surface area (Å²) in [5, 5.41) is 14.6. The van der Waals surface area contributed by atoms with Crippen LogP contribution in [0, 0.1) is 16.0 Å². The van der Waals surface area contributed by atoms with Gasteiger partial charge < -0.3 is 10.1 Å². The van der Waals surface area contributed by atoms with Gasteiger partial charge in [0.1, 0.15) is 6.61 Å². The van der Waals surface area contributed by atoms with E-state index in [9.17, 15) is 14.9 Å². The molecule has 164 valence electrons. The van der Waals surface area contributed by atoms with E-state index < -0.39 is 11.0 Å². The number of nitro groups is 1. The number of anilines is 2. The van der Waals surface area contributed by atoms with Crippen LogP contribution in [-0.2, 0) is 17.8 Å². The first-order valence-corrected chi connectivity index (χ1v) is 10.8. The lowest BCUT2D eigenvalue weighted by Crippen LogP contribution is -2.34. The third-order valence-electron chi connectivity index (χ3n) is 5.97. The molecule has 8 nitrogen and oxygen atoms in total. The molecule has 2 heterocycles. The molecule has 2 aliphatic rings. The van der Waals surface area contributed by atoms with E-state index in [-0.39, 0.29) is 12.3 Å². The number of nitrogens with one attached hydrogen (secondary N) is 1. The predicted octanol–water partition coefficient (Wildman–Crippen LogP) is 4.40. The average Bonchev–Trinajstić information content (AvgIpc) is 3.18. The van der Waals surface area contributed by atoms with Crippen molar-refractivity contribution < 1.29 is 14.5 Å². The number of likely N-dealkylation sites (tertiary alicyclic amines) is 1. The summed E-state index contributed by atoms with van der Waals surface area (Å²) < 4.78 is 5.03. The largest absolute Gasteiger partial charge is 0.447 e. The molecule has 4 rings (SSSR count). The molecule has 0 spiro atoms. The van der Waals surface area contributed by atoms with Gasteiger partial charge in [-0.05, 0) is 42.5 Å². The van der Waals surface area contributed by atoms with Gasteiger partial charge in [-0.3, -0.25) is 19.9 Å². The fourth-order valence-electron chi connectivity index (χ4n) is 4.36. The van der Waals surface area contributed by atoms with Crippen molar-refractivity contribution >= 4 is 23.2 Å². The monoisotopic (exact) mass is 424 g/mol. The van der Waals surface area contributed by atoms with Crippen molar-refractivity contribution in [3.63, 3.8) is 0 Å². The van der Waals surface area contributed by atoms with Crippen LogP contribution in [0.5, 0.6) is 0 Å². The second-order valence-electron chi connectivity index (χ2n) is 8.33. The van der Waals surface area contributed by atoms with Crippen LogP contribution in [0.4, 0.5) is 21.9 Å². The molecule has 0 radical (unpaired) electrons. The lowest BCUT2D eigenvalue weighted by molar-refractivity contribution is -0.384. The number of hydrogen-bond donors (Lipinski definition) is 1. The second kappa shape index (κ2) is 9.34. The van der Waals surface area contributed by atoms with Gasteiger partial charge in [-0.2, -0.15) is 0 Å². The molecule has 1 amide bonds. The lowest BCUT2D eigenvalue weighted by atomic mass is 9.99. The third-order valence-corrected chi connectivity index (χ3v) is 5.97. The number of rotatable bonds is 7. The van der Waals surface area contributed by atoms with Crippen LogP contribution in [0.2, 0.25) is 0 Å². The molecule has 31 heavy (non-hydrogen) atoms. The standard InChI is InChI=1S/C23H28N4O4/c1-17-5-4-10-25(15-17)16-19-7-3-2-6-18(19)14-24-21-9-8-20(27(29)30)13-22(21)26-11-12-31-23(26)28/h2-3,6-9,13,17,24H,4-5,10-12,14-16H2,1H3. The molecule has 8 heteroatoms. The molecule has 0 bridgehead atoms. The summed E-state index contributed by atoms with van der Waals surface area (Å²) in [7, 11) is 0. The Labute approximate surface area is 181 Å². The molecule has 0 aromatic heterocycles. The van der Waals surface area contributed by atoms with Crippen molar-refractivity contribution in [2.45, 2.75) is 32.9 Å². The summed E-state index contributed by atoms with van der Waals surface area (Å²) in [6.45, 7) is 6.66. The van der Waals surface area contributed by atoms with E-state index in [0.717, 1.165) is 25.6 Å². The number of amides is 1. The van der Waals surface area contributed by atoms with E-state index in [2.05, 4.69) is 35.3 Å². The van der Waals surface area contributed by atoms with Gasteiger partial charge in [0, 0.05) is 31.8 Å². The molecule has 2 fully saturated rings. The Hall–Kier alpha value is -3.13. The van der Waals surface area contributed by atoms with E-state index in [0.29, 0.717) is 24.5 Å². The summed E-state index contributed by atoms with van der Waals surface area (Å²) in [6, 6.07) is 12.9. The van der Waals surface area contributed by atoms with Crippen LogP contribution >= 0.6 is 0 Å². The SMILES string of the molecule is CC1CCCN(Cc2ccccc2CNc2ccc([N+](=O)[O-])cc2N2CCOC2=O)C1. The van der Waals surface area contributed by atoms with Crippen LogP contribution in [0.1, 0.15) is 30.9 Å². The Balaban J connectivity index is 1.53. The Morgan fingerprint density at radius 1 is 1.19 bits per heavy atom. The maximum Gasteiger partial charge on any atom is 0.414 e. The smallest absolute Gasteiger partial charge is 0.414 e. The number of piperidine rings is 1. The zero-order valence-corrected chi connectivity index (χ0v) is 17.8. The minimum absolute atomic E-state index is 0.0557. The zero-order chi connectivity index (χ0) is 21.8. The fourth-order valence-corrected chi connectivity index (χ4v) is 4.36. The van der Waals surface area contributed by atoms with E-state index in [4.69, 9.17) is 4.74 Å². The Morgan fingerprint density at radius 3 is 2.71 bits per heavy atom. The first kappa shape index (κ1) is 21.1. The zero-order valence-electron chi connectivity index (χ0n) is 17.8. The number of non-ortho nitro benzene ring substituents is 1. The van der Waals surface area contributed by atoms with E-state index >= 15 is 0 Å². The predicted molar refractivity (Wildman–Crippen MR) is 119 cm³/mol. The topological polar surface area (TPSA) is 87.9 Å². The van der Waals surface area contributed by atoms with Gasteiger partial charge in [-0.1, -0.05) is 31.2 Å². The molecule has 1 atom stereocenters. The first-order valence-electron chi connectivity index (χ1n) is 10.8. The molecular formula is C23H28N4O4. The van der Waals surface area contributed by atoms with Gasteiger partial charge in [-0.25, -0.2) is 4.79 Å². The summed E-state index contributed by atoms with van der Waals surface area (Å²) >= 11 is 0. The maximum atomic E-state index is 12.1. The van der Waals surface area contributed by atoms with Gasteiger partial charge in [0.15, 0.2) is 0 Å². The average molecular weight is 425 g/mol. The number of hydrogen-bond acceptors (Lipinski definition) is 6. The molecule has 2 saturated heterocycles. The Bertz CT molecular complexity index is 964. The molecular weight excluding hydrogens is 396 g/mol. The highest BCUT2D eigenvalue weighted by atomic mass is 16.6. The minimum Gasteiger partial charge on any atom is -0.447 e. The van der Waals surface area contributed by atoms with Crippen LogP contribution in [0.3, 0.4) is 0 Å². The van der Waals surface area contributed by atoms with Crippen molar-refractivity contribution in [2.24, 2.45) is 5.92 Å². The fraction of sp³-hybridized carbons (Fsp3) is 0.435. The summed E-state index contributed by atoms with van der Waals surface area (Å²) in [5.74, 6) is 0.724. The highest BCUT2D eigenvalue weighted by Gasteiger charge is 2.27. The lowest BCUT2D eigenvalue weighted by Gasteiger charge is -2.31. The van der Waals surface area contributed by atoms with E-state index in [1.807, 2.05) is 6.07 Å². The number of carbonyl (C=O) groups is 1. The molecule has 0 aliphatic carbocycles. The summed E-state index contributed by atoms with van der Waals surface area (Å²) in [4.78, 5) is 26.8. The number of nitro benzene ring substituents is 1. The normalized spacial score (nSPS) is 19.3. The van der Waals surface area contributed by atoms with Crippen LogP contribution in [0.15, 0.2) is 42.5 Å². The van der Waals surface area contributed by atoms with Crippen molar-refractivity contribution in [3.05, 3.63) is 63.7 Å². The van der Waals surface area contributed by atoms with Gasteiger partial charge in [0.2, 0.25) is 0 Å². The molecule has 2 aromatic carbocycles. The number of carbonyl (C=O) groups excluding carboxylic acids is 1. The third kappa shape index (κ3) is 4.96. The second-order valence-corrected chi connectivity index (χ2v) is 8.33. The Morgan fingerprint density at radius 2 is 2.00 bits per heavy atom. The van der Waals surface area contributed by atoms with Crippen LogP contribution in [-0.4, -0.2) is 42.2 Å². The van der Waals surface area contributed by atoms with E-state index in [1.54, 1.807) is 6.07 Å². The van der Waals surface area contributed by atoms with Gasteiger partial charge in [0.05, 0.1) is 22.8 Å². The Kier molecular flexibility index (Phi) is 6.36. The number of cyclic esters (lactones) is 1. The van der Waals surface area contributed by atoms with Gasteiger partial charge in [-0.15, -0.1) is 0 Å². The first-order chi connectivity index (χ1) is 15.0. The summed E-state index contributed by atoms with van der Waals surface area (Å²) in [5.41, 5.74) is 3.53. The summed E-state index contributed by atoms with van der Waals surface area (Å²) in [6.07, 6.45) is 2.05. The number of ether oxygens (including phenoxy) is 1. The van der Waals surface area contributed by atoms with Crippen LogP contribution < -0.4 is 10.2 Å². The number of benzene rings is 2. The number of nitrogens with zero attached hydrogens (tertiary/aromatic N) is 3. The molecule has 1 N–H and O–H groups in total. The molecule has 1 unspecified atom stereocenters. The van der Waals surface area contributed by atoms with Gasteiger partial charge >= 0.3 is 6.09 Å². The van der Waals surface area contributed by atoms with Crippen LogP contribution in [0.25, 0.3) is 0 Å².